The van der Waals surface area contributed by atoms with Crippen molar-refractivity contribution in [2.45, 2.75) is 123 Å². The number of hydrogen-bond donors (Lipinski definition) is 0. The van der Waals surface area contributed by atoms with Crippen LogP contribution in [-0.2, 0) is 52.3 Å². The van der Waals surface area contributed by atoms with Crippen molar-refractivity contribution >= 4 is 23.9 Å². The second-order valence-corrected chi connectivity index (χ2v) is 13.5. The van der Waals surface area contributed by atoms with Gasteiger partial charge in [0.15, 0.2) is 0 Å². The van der Waals surface area contributed by atoms with E-state index in [2.05, 4.69) is 19.9 Å². The first-order valence-corrected chi connectivity index (χ1v) is 15.6. The third-order valence-electron chi connectivity index (χ3n) is 10.8. The average Bonchev–Trinajstić information content (AvgIpc) is 3.49. The van der Waals surface area contributed by atoms with Gasteiger partial charge in [0, 0.05) is 25.2 Å². The summed E-state index contributed by atoms with van der Waals surface area (Å²) in [6.07, 6.45) is 5.58. The quantitative estimate of drug-likeness (QED) is 0.264. The fourth-order valence-corrected chi connectivity index (χ4v) is 8.73. The van der Waals surface area contributed by atoms with E-state index in [0.29, 0.717) is 19.4 Å². The Morgan fingerprint density at radius 1 is 1.00 bits per heavy atom. The molecule has 3 heterocycles. The minimum atomic E-state index is -0.794. The normalized spacial score (nSPS) is 40.4. The van der Waals surface area contributed by atoms with Gasteiger partial charge in [-0.1, -0.05) is 20.3 Å². The summed E-state index contributed by atoms with van der Waals surface area (Å²) in [6.45, 7) is 10.9. The van der Waals surface area contributed by atoms with E-state index in [1.165, 1.54) is 13.8 Å². The SMILES string of the molecule is CC(=O)OC1C[C@H](C)[C@@](C)(C2C[C@H]3C=COC3O2)[C@@H]2CCC[C@@]3(COC(=O)C[C@H](C)OC(=O)C[C@H](C)OC(C)=O)OC[C@]123. The van der Waals surface area contributed by atoms with E-state index in [-0.39, 0.29) is 67.1 Å². The average molecular weight is 607 g/mol. The van der Waals surface area contributed by atoms with Gasteiger partial charge in [-0.25, -0.2) is 0 Å². The molecule has 0 amide bonds. The van der Waals surface area contributed by atoms with Gasteiger partial charge in [-0.05, 0) is 57.4 Å². The van der Waals surface area contributed by atoms with Crippen LogP contribution in [0.5, 0.6) is 0 Å². The Labute approximate surface area is 253 Å². The van der Waals surface area contributed by atoms with Gasteiger partial charge >= 0.3 is 23.9 Å². The zero-order chi connectivity index (χ0) is 31.2. The first-order valence-electron chi connectivity index (χ1n) is 15.6. The van der Waals surface area contributed by atoms with Crippen molar-refractivity contribution < 1.29 is 52.3 Å². The number of carbonyl (C=O) groups excluding carboxylic acids is 4. The fourth-order valence-electron chi connectivity index (χ4n) is 8.73. The highest BCUT2D eigenvalue weighted by Gasteiger charge is 2.77. The molecular formula is C32H46O11. The highest BCUT2D eigenvalue weighted by Crippen LogP contribution is 2.70. The number of fused-ring (bicyclic) bond motifs is 1. The molecule has 43 heavy (non-hydrogen) atoms. The molecule has 240 valence electrons. The molecule has 0 radical (unpaired) electrons. The monoisotopic (exact) mass is 606 g/mol. The van der Waals surface area contributed by atoms with Gasteiger partial charge in [-0.3, -0.25) is 19.2 Å². The van der Waals surface area contributed by atoms with Crippen molar-refractivity contribution in [2.24, 2.45) is 28.6 Å². The van der Waals surface area contributed by atoms with Crippen molar-refractivity contribution in [1.82, 2.24) is 0 Å². The number of carbonyl (C=O) groups is 4. The summed E-state index contributed by atoms with van der Waals surface area (Å²) in [7, 11) is 0. The van der Waals surface area contributed by atoms with E-state index < -0.39 is 41.1 Å². The molecule has 2 saturated carbocycles. The third kappa shape index (κ3) is 5.67. The number of esters is 4. The number of ether oxygens (including phenoxy) is 7. The predicted octanol–water partition coefficient (Wildman–Crippen LogP) is 4.00. The number of hydrogen-bond acceptors (Lipinski definition) is 11. The summed E-state index contributed by atoms with van der Waals surface area (Å²) in [5.41, 5.74) is -1.55. The summed E-state index contributed by atoms with van der Waals surface area (Å²) in [6, 6.07) is 0. The zero-order valence-electron chi connectivity index (χ0n) is 26.1. The molecule has 0 aromatic carbocycles. The standard InChI is InChI=1S/C32H46O11/c1-18-12-26(42-22(5)34)32-17-39-31(32,16-38-27(35)13-20(3)41-28(36)14-19(2)40-21(4)33)10-7-8-24(32)30(18,6)25-15-23-9-11-37-29(23)43-25/h9,11,18-20,23-26,29H,7-8,10,12-17H2,1-6H3/t18-,19-,20-,23+,24-,25?,26?,29?,30+,31-,32+/m0/s1. The zero-order valence-corrected chi connectivity index (χ0v) is 26.1. The van der Waals surface area contributed by atoms with Crippen LogP contribution in [0.2, 0.25) is 0 Å². The lowest BCUT2D eigenvalue weighted by Crippen LogP contribution is -2.79. The van der Waals surface area contributed by atoms with Gasteiger partial charge in [-0.2, -0.15) is 0 Å². The maximum absolute atomic E-state index is 13.0. The molecule has 11 heteroatoms. The van der Waals surface area contributed by atoms with Crippen molar-refractivity contribution in [3.8, 4) is 0 Å². The summed E-state index contributed by atoms with van der Waals surface area (Å²) in [4.78, 5) is 48.6. The van der Waals surface area contributed by atoms with Gasteiger partial charge in [0.2, 0.25) is 6.29 Å². The second kappa shape index (κ2) is 12.0. The Kier molecular flexibility index (Phi) is 8.88. The molecule has 2 aliphatic carbocycles. The van der Waals surface area contributed by atoms with Crippen molar-refractivity contribution in [2.75, 3.05) is 13.2 Å². The molecule has 3 unspecified atom stereocenters. The summed E-state index contributed by atoms with van der Waals surface area (Å²) in [5.74, 6) is -1.35. The van der Waals surface area contributed by atoms with E-state index >= 15 is 0 Å². The van der Waals surface area contributed by atoms with E-state index in [0.717, 1.165) is 19.3 Å². The lowest BCUT2D eigenvalue weighted by atomic mass is 9.39. The van der Waals surface area contributed by atoms with E-state index in [1.54, 1.807) is 20.1 Å². The molecule has 1 spiro atoms. The molecule has 3 aliphatic heterocycles. The summed E-state index contributed by atoms with van der Waals surface area (Å²) < 4.78 is 40.9. The second-order valence-electron chi connectivity index (χ2n) is 13.5. The van der Waals surface area contributed by atoms with E-state index in [9.17, 15) is 19.2 Å². The third-order valence-corrected chi connectivity index (χ3v) is 10.8. The van der Waals surface area contributed by atoms with Gasteiger partial charge in [0.25, 0.3) is 0 Å². The van der Waals surface area contributed by atoms with Crippen LogP contribution in [0, 0.1) is 28.6 Å². The van der Waals surface area contributed by atoms with Crippen LogP contribution >= 0.6 is 0 Å². The largest absolute Gasteiger partial charge is 0.472 e. The van der Waals surface area contributed by atoms with Crippen LogP contribution in [0.25, 0.3) is 0 Å². The molecule has 4 fully saturated rings. The van der Waals surface area contributed by atoms with Gasteiger partial charge in [0.05, 0.1) is 37.2 Å². The molecule has 11 nitrogen and oxygen atoms in total. The predicted molar refractivity (Wildman–Crippen MR) is 150 cm³/mol. The van der Waals surface area contributed by atoms with Gasteiger partial charge in [0.1, 0.15) is 30.5 Å². The molecule has 0 bridgehead atoms. The van der Waals surface area contributed by atoms with E-state index in [1.807, 2.05) is 0 Å². The Hall–Kier alpha value is -2.66. The van der Waals surface area contributed by atoms with E-state index in [4.69, 9.17) is 33.2 Å². The van der Waals surface area contributed by atoms with Crippen LogP contribution < -0.4 is 0 Å². The van der Waals surface area contributed by atoms with Gasteiger partial charge in [-0.15, -0.1) is 0 Å². The van der Waals surface area contributed by atoms with Crippen LogP contribution in [0.4, 0.5) is 0 Å². The van der Waals surface area contributed by atoms with Crippen molar-refractivity contribution in [1.29, 1.82) is 0 Å². The molecule has 0 aromatic heterocycles. The smallest absolute Gasteiger partial charge is 0.309 e. The molecule has 2 saturated heterocycles. The minimum absolute atomic E-state index is 0.0251. The lowest BCUT2D eigenvalue weighted by molar-refractivity contribution is -0.383. The summed E-state index contributed by atoms with van der Waals surface area (Å²) in [5, 5.41) is 0. The molecule has 11 atom stereocenters. The van der Waals surface area contributed by atoms with Crippen LogP contribution in [-0.4, -0.2) is 73.4 Å². The first-order chi connectivity index (χ1) is 20.3. The molecule has 5 aliphatic rings. The van der Waals surface area contributed by atoms with Crippen LogP contribution in [0.3, 0.4) is 0 Å². The Morgan fingerprint density at radius 2 is 1.72 bits per heavy atom. The first kappa shape index (κ1) is 31.8. The Balaban J connectivity index is 1.29. The lowest BCUT2D eigenvalue weighted by Gasteiger charge is -2.72. The molecule has 0 N–H and O–H groups in total. The highest BCUT2D eigenvalue weighted by molar-refractivity contribution is 5.73. The minimum Gasteiger partial charge on any atom is -0.472 e. The summed E-state index contributed by atoms with van der Waals surface area (Å²) >= 11 is 0. The molecule has 0 aromatic rings. The maximum Gasteiger partial charge on any atom is 0.309 e. The Bertz CT molecular complexity index is 1140. The fraction of sp³-hybridized carbons (Fsp3) is 0.812. The van der Waals surface area contributed by atoms with Crippen LogP contribution in [0.1, 0.15) is 86.5 Å². The molecule has 5 rings (SSSR count). The molecular weight excluding hydrogens is 560 g/mol. The highest BCUT2D eigenvalue weighted by atomic mass is 16.7. The van der Waals surface area contributed by atoms with Crippen molar-refractivity contribution in [3.63, 3.8) is 0 Å². The maximum atomic E-state index is 13.0. The number of rotatable bonds is 10. The Morgan fingerprint density at radius 3 is 2.37 bits per heavy atom. The van der Waals surface area contributed by atoms with Crippen molar-refractivity contribution in [3.05, 3.63) is 12.3 Å². The topological polar surface area (TPSA) is 133 Å². The van der Waals surface area contributed by atoms with Crippen LogP contribution in [0.15, 0.2) is 12.3 Å². The van der Waals surface area contributed by atoms with Gasteiger partial charge < -0.3 is 33.2 Å².